The minimum atomic E-state index is -0.255. The molecule has 0 bridgehead atoms. The number of anilines is 1. The Morgan fingerprint density at radius 1 is 1.57 bits per heavy atom. The van der Waals surface area contributed by atoms with Crippen LogP contribution in [0.2, 0.25) is 0 Å². The number of nitrogens with one attached hydrogen (secondary N) is 2. The van der Waals surface area contributed by atoms with E-state index >= 15 is 0 Å². The SMILES string of the molecule is CC(C)Nc1nccn2c(=O)[nH]nc12. The summed E-state index contributed by atoms with van der Waals surface area (Å²) in [6.07, 6.45) is 3.14. The molecule has 0 aliphatic carbocycles. The van der Waals surface area contributed by atoms with Gasteiger partial charge in [0.05, 0.1) is 0 Å². The zero-order valence-corrected chi connectivity index (χ0v) is 7.98. The Bertz CT molecular complexity index is 498. The predicted molar refractivity (Wildman–Crippen MR) is 52.4 cm³/mol. The van der Waals surface area contributed by atoms with Crippen LogP contribution in [0.15, 0.2) is 17.2 Å². The molecule has 0 aliphatic rings. The van der Waals surface area contributed by atoms with Crippen molar-refractivity contribution in [3.8, 4) is 0 Å². The van der Waals surface area contributed by atoms with Gasteiger partial charge in [0.15, 0.2) is 5.82 Å². The molecule has 0 radical (unpaired) electrons. The molecule has 14 heavy (non-hydrogen) atoms. The highest BCUT2D eigenvalue weighted by molar-refractivity contribution is 5.61. The summed E-state index contributed by atoms with van der Waals surface area (Å²) in [4.78, 5) is 15.3. The Labute approximate surface area is 80.0 Å². The summed E-state index contributed by atoms with van der Waals surface area (Å²) in [7, 11) is 0. The minimum Gasteiger partial charge on any atom is -0.365 e. The topological polar surface area (TPSA) is 75.1 Å². The fraction of sp³-hybridized carbons (Fsp3) is 0.375. The molecule has 0 amide bonds. The van der Waals surface area contributed by atoms with Crippen LogP contribution in [0.4, 0.5) is 5.82 Å². The highest BCUT2D eigenvalue weighted by atomic mass is 16.1. The van der Waals surface area contributed by atoms with E-state index in [9.17, 15) is 4.79 Å². The van der Waals surface area contributed by atoms with Gasteiger partial charge in [0, 0.05) is 18.4 Å². The van der Waals surface area contributed by atoms with Gasteiger partial charge in [-0.1, -0.05) is 0 Å². The van der Waals surface area contributed by atoms with Crippen LogP contribution in [0.25, 0.3) is 5.65 Å². The van der Waals surface area contributed by atoms with Gasteiger partial charge in [0.1, 0.15) is 0 Å². The predicted octanol–water partition coefficient (Wildman–Crippen LogP) is 0.238. The molecule has 0 saturated heterocycles. The van der Waals surface area contributed by atoms with Crippen LogP contribution < -0.4 is 11.0 Å². The van der Waals surface area contributed by atoms with Crippen molar-refractivity contribution >= 4 is 11.5 Å². The van der Waals surface area contributed by atoms with Gasteiger partial charge in [0.25, 0.3) is 0 Å². The van der Waals surface area contributed by atoms with Crippen molar-refractivity contribution in [3.05, 3.63) is 22.9 Å². The first kappa shape index (κ1) is 8.74. The average molecular weight is 193 g/mol. The van der Waals surface area contributed by atoms with Gasteiger partial charge < -0.3 is 5.32 Å². The van der Waals surface area contributed by atoms with E-state index in [2.05, 4.69) is 20.5 Å². The summed E-state index contributed by atoms with van der Waals surface area (Å²) in [6.45, 7) is 3.99. The molecule has 2 heterocycles. The number of rotatable bonds is 2. The number of nitrogens with zero attached hydrogens (tertiary/aromatic N) is 3. The van der Waals surface area contributed by atoms with Gasteiger partial charge in [0.2, 0.25) is 5.65 Å². The van der Waals surface area contributed by atoms with E-state index in [0.717, 1.165) is 0 Å². The smallest absolute Gasteiger partial charge is 0.347 e. The monoisotopic (exact) mass is 193 g/mol. The van der Waals surface area contributed by atoms with Crippen LogP contribution in [0.1, 0.15) is 13.8 Å². The summed E-state index contributed by atoms with van der Waals surface area (Å²) in [5.41, 5.74) is 0.264. The van der Waals surface area contributed by atoms with Gasteiger partial charge in [-0.05, 0) is 13.8 Å². The largest absolute Gasteiger partial charge is 0.365 e. The molecule has 74 valence electrons. The lowest BCUT2D eigenvalue weighted by molar-refractivity contribution is 0.886. The van der Waals surface area contributed by atoms with Crippen molar-refractivity contribution in [2.24, 2.45) is 0 Å². The summed E-state index contributed by atoms with van der Waals surface area (Å²) in [5, 5.41) is 9.35. The lowest BCUT2D eigenvalue weighted by atomic mass is 10.4. The molecule has 6 heteroatoms. The van der Waals surface area contributed by atoms with E-state index in [1.807, 2.05) is 13.8 Å². The Balaban J connectivity index is 2.60. The number of aromatic amines is 1. The fourth-order valence-corrected chi connectivity index (χ4v) is 1.22. The Kier molecular flexibility index (Phi) is 1.95. The lowest BCUT2D eigenvalue weighted by Crippen LogP contribution is -2.14. The molecule has 6 nitrogen and oxygen atoms in total. The third-order valence-electron chi connectivity index (χ3n) is 1.76. The van der Waals surface area contributed by atoms with E-state index in [4.69, 9.17) is 0 Å². The number of aromatic nitrogens is 4. The van der Waals surface area contributed by atoms with Crippen molar-refractivity contribution in [3.63, 3.8) is 0 Å². The second-order valence-electron chi connectivity index (χ2n) is 3.30. The van der Waals surface area contributed by atoms with E-state index < -0.39 is 0 Å². The van der Waals surface area contributed by atoms with Crippen molar-refractivity contribution in [1.29, 1.82) is 0 Å². The second kappa shape index (κ2) is 3.13. The summed E-state index contributed by atoms with van der Waals surface area (Å²) < 4.78 is 1.41. The molecule has 2 aromatic rings. The van der Waals surface area contributed by atoms with E-state index in [0.29, 0.717) is 11.5 Å². The van der Waals surface area contributed by atoms with Crippen LogP contribution in [0.3, 0.4) is 0 Å². The van der Waals surface area contributed by atoms with Gasteiger partial charge in [-0.15, -0.1) is 5.10 Å². The molecule has 0 unspecified atom stereocenters. The van der Waals surface area contributed by atoms with Crippen LogP contribution in [-0.2, 0) is 0 Å². The zero-order valence-electron chi connectivity index (χ0n) is 7.98. The Morgan fingerprint density at radius 2 is 2.36 bits per heavy atom. The van der Waals surface area contributed by atoms with Crippen LogP contribution >= 0.6 is 0 Å². The average Bonchev–Trinajstić information content (AvgIpc) is 2.49. The van der Waals surface area contributed by atoms with Gasteiger partial charge in [-0.2, -0.15) is 0 Å². The number of fused-ring (bicyclic) bond motifs is 1. The minimum absolute atomic E-state index is 0.250. The van der Waals surface area contributed by atoms with Crippen LogP contribution in [0, 0.1) is 0 Å². The van der Waals surface area contributed by atoms with E-state index in [-0.39, 0.29) is 11.7 Å². The molecule has 0 atom stereocenters. The second-order valence-corrected chi connectivity index (χ2v) is 3.30. The molecule has 2 aromatic heterocycles. The van der Waals surface area contributed by atoms with Gasteiger partial charge >= 0.3 is 5.69 Å². The van der Waals surface area contributed by atoms with Crippen molar-refractivity contribution < 1.29 is 0 Å². The molecule has 0 saturated carbocycles. The van der Waals surface area contributed by atoms with Crippen molar-refractivity contribution in [2.45, 2.75) is 19.9 Å². The maximum absolute atomic E-state index is 11.2. The molecule has 2 rings (SSSR count). The molecular formula is C8H11N5O. The van der Waals surface area contributed by atoms with Crippen LogP contribution in [-0.4, -0.2) is 25.6 Å². The highest BCUT2D eigenvalue weighted by Crippen LogP contribution is 2.08. The molecular weight excluding hydrogens is 182 g/mol. The van der Waals surface area contributed by atoms with Gasteiger partial charge in [-0.25, -0.2) is 19.3 Å². The van der Waals surface area contributed by atoms with E-state index in [1.165, 1.54) is 4.40 Å². The summed E-state index contributed by atoms with van der Waals surface area (Å²) in [5.74, 6) is 0.612. The van der Waals surface area contributed by atoms with Crippen molar-refractivity contribution in [2.75, 3.05) is 5.32 Å². The fourth-order valence-electron chi connectivity index (χ4n) is 1.22. The third-order valence-corrected chi connectivity index (χ3v) is 1.76. The maximum atomic E-state index is 11.2. The maximum Gasteiger partial charge on any atom is 0.347 e. The molecule has 2 N–H and O–H groups in total. The lowest BCUT2D eigenvalue weighted by Gasteiger charge is -2.08. The third kappa shape index (κ3) is 1.34. The number of H-pyrrole nitrogens is 1. The summed E-state index contributed by atoms with van der Waals surface area (Å²) in [6, 6.07) is 0.250. The Hall–Kier alpha value is -1.85. The first-order chi connectivity index (χ1) is 6.68. The molecule has 0 fully saturated rings. The molecule has 0 aliphatic heterocycles. The quantitative estimate of drug-likeness (QED) is 0.716. The highest BCUT2D eigenvalue weighted by Gasteiger charge is 2.06. The van der Waals surface area contributed by atoms with Crippen LogP contribution in [0.5, 0.6) is 0 Å². The molecule has 0 spiro atoms. The number of hydrogen-bond acceptors (Lipinski definition) is 4. The normalized spacial score (nSPS) is 11.1. The van der Waals surface area contributed by atoms with E-state index in [1.54, 1.807) is 12.4 Å². The Morgan fingerprint density at radius 3 is 3.07 bits per heavy atom. The zero-order chi connectivity index (χ0) is 10.1. The van der Waals surface area contributed by atoms with Gasteiger partial charge in [-0.3, -0.25) is 0 Å². The standard InChI is InChI=1S/C8H11N5O/c1-5(2)10-6-7-11-12-8(14)13(7)4-3-9-6/h3-5H,1-2H3,(H,9,10)(H,12,14). The number of hydrogen-bond donors (Lipinski definition) is 2. The first-order valence-electron chi connectivity index (χ1n) is 4.37. The first-order valence-corrected chi connectivity index (χ1v) is 4.37. The summed E-state index contributed by atoms with van der Waals surface area (Å²) >= 11 is 0. The van der Waals surface area contributed by atoms with Crippen molar-refractivity contribution in [1.82, 2.24) is 19.6 Å². The molecule has 0 aromatic carbocycles.